The van der Waals surface area contributed by atoms with Crippen molar-refractivity contribution in [1.29, 1.82) is 0 Å². The van der Waals surface area contributed by atoms with E-state index in [-0.39, 0.29) is 16.7 Å². The monoisotopic (exact) mass is 439 g/mol. The van der Waals surface area contributed by atoms with Crippen molar-refractivity contribution in [1.82, 2.24) is 10.3 Å². The average molecular weight is 440 g/mol. The van der Waals surface area contributed by atoms with E-state index in [0.717, 1.165) is 20.6 Å². The number of hydrogen-bond acceptors (Lipinski definition) is 4. The molecule has 3 aromatic rings. The topological polar surface area (TPSA) is 62.3 Å². The minimum Gasteiger partial charge on any atom is -0.329 e. The lowest BCUT2D eigenvalue weighted by Gasteiger charge is -2.33. The van der Waals surface area contributed by atoms with Gasteiger partial charge in [0.2, 0.25) is 0 Å². The summed E-state index contributed by atoms with van der Waals surface area (Å²) < 4.78 is 13.8. The van der Waals surface area contributed by atoms with Gasteiger partial charge in [0, 0.05) is 27.4 Å². The fourth-order valence-electron chi connectivity index (χ4n) is 3.76. The van der Waals surface area contributed by atoms with Gasteiger partial charge in [0.15, 0.2) is 0 Å². The van der Waals surface area contributed by atoms with Crippen molar-refractivity contribution in [3.8, 4) is 0 Å². The second-order valence-corrected chi connectivity index (χ2v) is 8.77. The molecule has 2 aliphatic heterocycles. The van der Waals surface area contributed by atoms with Gasteiger partial charge in [-0.25, -0.2) is 14.1 Å². The predicted octanol–water partition coefficient (Wildman–Crippen LogP) is 4.92. The van der Waals surface area contributed by atoms with Gasteiger partial charge in [-0.2, -0.15) is 0 Å². The number of nitrogens with one attached hydrogen (secondary N) is 1. The van der Waals surface area contributed by atoms with Crippen LogP contribution in [0.25, 0.3) is 15.7 Å². The van der Waals surface area contributed by atoms with Crippen LogP contribution < -0.4 is 10.2 Å². The Bertz CT molecular complexity index is 1260. The van der Waals surface area contributed by atoms with Gasteiger partial charge in [-0.3, -0.25) is 9.78 Å². The minimum absolute atomic E-state index is 0.268. The van der Waals surface area contributed by atoms with Crippen LogP contribution in [0.2, 0.25) is 5.02 Å². The molecule has 2 aliphatic rings. The quantitative estimate of drug-likeness (QED) is 0.615. The minimum atomic E-state index is -0.543. The van der Waals surface area contributed by atoms with Crippen molar-refractivity contribution in [2.45, 2.75) is 18.2 Å². The van der Waals surface area contributed by atoms with Crippen LogP contribution in [0.15, 0.2) is 54.9 Å². The summed E-state index contributed by atoms with van der Waals surface area (Å²) in [5, 5.41) is 4.22. The third kappa shape index (κ3) is 2.97. The first-order valence-corrected chi connectivity index (χ1v) is 10.5. The lowest BCUT2D eigenvalue weighted by Crippen LogP contribution is -2.60. The van der Waals surface area contributed by atoms with Crippen LogP contribution in [0.1, 0.15) is 11.1 Å². The number of hydrogen-bond donors (Lipinski definition) is 1. The zero-order chi connectivity index (χ0) is 21.0. The summed E-state index contributed by atoms with van der Waals surface area (Å²) >= 11 is 7.57. The molecule has 1 N–H and O–H groups in total. The Morgan fingerprint density at radius 2 is 2.00 bits per heavy atom. The van der Waals surface area contributed by atoms with E-state index in [2.05, 4.69) is 10.3 Å². The van der Waals surface area contributed by atoms with Crippen LogP contribution in [0, 0.1) is 12.7 Å². The van der Waals surface area contributed by atoms with Crippen LogP contribution in [0.4, 0.5) is 14.9 Å². The molecule has 2 aromatic carbocycles. The predicted molar refractivity (Wildman–Crippen MR) is 117 cm³/mol. The molecule has 0 saturated carbocycles. The summed E-state index contributed by atoms with van der Waals surface area (Å²) in [5.74, 6) is -0.711. The molecule has 30 heavy (non-hydrogen) atoms. The summed E-state index contributed by atoms with van der Waals surface area (Å²) in [6.07, 6.45) is 5.02. The van der Waals surface area contributed by atoms with Gasteiger partial charge in [-0.15, -0.1) is 11.8 Å². The highest BCUT2D eigenvalue weighted by Gasteiger charge is 2.45. The summed E-state index contributed by atoms with van der Waals surface area (Å²) in [7, 11) is 0. The van der Waals surface area contributed by atoms with E-state index in [4.69, 9.17) is 11.6 Å². The molecule has 0 aliphatic carbocycles. The Balaban J connectivity index is 1.51. The van der Waals surface area contributed by atoms with Gasteiger partial charge in [-0.1, -0.05) is 35.9 Å². The number of carbonyl (C=O) groups is 2. The third-order valence-corrected chi connectivity index (χ3v) is 6.94. The number of aryl methyl sites for hydroxylation is 1. The van der Waals surface area contributed by atoms with Crippen LogP contribution >= 0.6 is 23.4 Å². The molecule has 0 radical (unpaired) electrons. The zero-order valence-electron chi connectivity index (χ0n) is 15.7. The number of pyridine rings is 1. The molecule has 150 valence electrons. The van der Waals surface area contributed by atoms with Crippen molar-refractivity contribution in [3.63, 3.8) is 0 Å². The third-order valence-electron chi connectivity index (χ3n) is 5.27. The summed E-state index contributed by atoms with van der Waals surface area (Å²) in [6.45, 7) is 1.66. The van der Waals surface area contributed by atoms with Gasteiger partial charge in [0.1, 0.15) is 11.1 Å². The first-order valence-electron chi connectivity index (χ1n) is 9.26. The maximum absolute atomic E-state index is 13.8. The summed E-state index contributed by atoms with van der Waals surface area (Å²) in [4.78, 5) is 32.3. The number of urea groups is 1. The van der Waals surface area contributed by atoms with Crippen molar-refractivity contribution < 1.29 is 14.0 Å². The van der Waals surface area contributed by atoms with Crippen LogP contribution in [-0.2, 0) is 4.79 Å². The van der Waals surface area contributed by atoms with E-state index in [1.807, 2.05) is 30.3 Å². The largest absolute Gasteiger partial charge is 0.329 e. The fourth-order valence-corrected chi connectivity index (χ4v) is 5.36. The van der Waals surface area contributed by atoms with Gasteiger partial charge in [0.05, 0.1) is 22.9 Å². The molecule has 2 atom stereocenters. The molecule has 1 saturated heterocycles. The van der Waals surface area contributed by atoms with Crippen molar-refractivity contribution in [2.24, 2.45) is 0 Å². The SMILES string of the molecule is Cc1cc(C2=CC3NC(=O)N(c4cncc5ccccc45)C(=O)C3S2)c(Cl)cc1F. The second-order valence-electron chi connectivity index (χ2n) is 7.18. The van der Waals surface area contributed by atoms with E-state index >= 15 is 0 Å². The normalized spacial score (nSPS) is 20.9. The first-order chi connectivity index (χ1) is 14.4. The number of rotatable bonds is 2. The molecule has 5 rings (SSSR count). The number of fused-ring (bicyclic) bond motifs is 2. The number of benzene rings is 2. The Hall–Kier alpha value is -2.90. The molecule has 3 heterocycles. The van der Waals surface area contributed by atoms with Crippen molar-refractivity contribution in [3.05, 3.63) is 76.8 Å². The Morgan fingerprint density at radius 1 is 1.20 bits per heavy atom. The highest BCUT2D eigenvalue weighted by atomic mass is 35.5. The zero-order valence-corrected chi connectivity index (χ0v) is 17.3. The molecule has 5 nitrogen and oxygen atoms in total. The number of thioether (sulfide) groups is 1. The smallest absolute Gasteiger partial charge is 0.329 e. The molecule has 0 spiro atoms. The highest BCUT2D eigenvalue weighted by molar-refractivity contribution is 8.09. The van der Waals surface area contributed by atoms with Crippen molar-refractivity contribution >= 4 is 56.7 Å². The molecule has 2 unspecified atom stereocenters. The van der Waals surface area contributed by atoms with E-state index in [1.165, 1.54) is 24.0 Å². The van der Waals surface area contributed by atoms with E-state index in [1.54, 1.807) is 19.2 Å². The van der Waals surface area contributed by atoms with Gasteiger partial charge in [0.25, 0.3) is 5.91 Å². The molecule has 1 fully saturated rings. The second kappa shape index (κ2) is 7.11. The molecule has 3 amide bonds. The standard InChI is InChI=1S/C22H15ClFN3O2S/c1-11-6-14(15(23)7-16(11)24)19-8-17-20(30-19)21(28)27(22(29)26-17)18-10-25-9-12-4-2-3-5-13(12)18/h2-10,17,20H,1H3,(H,26,29). The number of carbonyl (C=O) groups excluding carboxylic acids is 2. The Kier molecular flexibility index (Phi) is 4.52. The van der Waals surface area contributed by atoms with Crippen LogP contribution in [0.3, 0.4) is 0 Å². The number of nitrogens with zero attached hydrogens (tertiary/aromatic N) is 2. The molecular weight excluding hydrogens is 425 g/mol. The molecule has 8 heteroatoms. The Labute approximate surface area is 180 Å². The lowest BCUT2D eigenvalue weighted by molar-refractivity contribution is -0.118. The maximum atomic E-state index is 13.8. The van der Waals surface area contributed by atoms with Gasteiger partial charge in [-0.05, 0) is 30.7 Å². The molecular formula is C22H15ClFN3O2S. The summed E-state index contributed by atoms with van der Waals surface area (Å²) in [6, 6.07) is 9.42. The number of amides is 3. The van der Waals surface area contributed by atoms with Gasteiger partial charge >= 0.3 is 6.03 Å². The molecule has 1 aromatic heterocycles. The van der Waals surface area contributed by atoms with E-state index in [9.17, 15) is 14.0 Å². The number of aromatic nitrogens is 1. The van der Waals surface area contributed by atoms with E-state index < -0.39 is 17.3 Å². The van der Waals surface area contributed by atoms with Crippen LogP contribution in [-0.4, -0.2) is 28.2 Å². The Morgan fingerprint density at radius 3 is 2.83 bits per heavy atom. The lowest BCUT2D eigenvalue weighted by atomic mass is 10.1. The summed E-state index contributed by atoms with van der Waals surface area (Å²) in [5.41, 5.74) is 1.55. The fraction of sp³-hybridized carbons (Fsp3) is 0.136. The first kappa shape index (κ1) is 19.1. The van der Waals surface area contributed by atoms with Crippen LogP contribution in [0.5, 0.6) is 0 Å². The number of halogens is 2. The number of imide groups is 1. The highest BCUT2D eigenvalue weighted by Crippen LogP contribution is 2.45. The van der Waals surface area contributed by atoms with E-state index in [0.29, 0.717) is 16.8 Å². The maximum Gasteiger partial charge on any atom is 0.329 e. The van der Waals surface area contributed by atoms with Crippen molar-refractivity contribution in [2.75, 3.05) is 4.90 Å². The number of anilines is 1. The average Bonchev–Trinajstić information content (AvgIpc) is 3.15. The van der Waals surface area contributed by atoms with Gasteiger partial charge < -0.3 is 5.32 Å². The molecule has 0 bridgehead atoms.